The number of likely N-dealkylation sites (tertiary alicyclic amines) is 1. The summed E-state index contributed by atoms with van der Waals surface area (Å²) in [7, 11) is -3.51. The summed E-state index contributed by atoms with van der Waals surface area (Å²) in [5, 5.41) is 0. The number of carbonyl (C=O) groups is 1. The monoisotopic (exact) mass is 485 g/mol. The molecule has 2 aromatic rings. The summed E-state index contributed by atoms with van der Waals surface area (Å²) >= 11 is 0. The van der Waals surface area contributed by atoms with Crippen LogP contribution in [0.3, 0.4) is 0 Å². The number of rotatable bonds is 5. The molecule has 0 saturated carbocycles. The molecule has 34 heavy (non-hydrogen) atoms. The lowest BCUT2D eigenvalue weighted by molar-refractivity contribution is -0.133. The molecule has 5 rings (SSSR count). The summed E-state index contributed by atoms with van der Waals surface area (Å²) < 4.78 is 38.8. The highest BCUT2D eigenvalue weighted by molar-refractivity contribution is 7.89. The van der Waals surface area contributed by atoms with Crippen molar-refractivity contribution in [3.05, 3.63) is 53.6 Å². The third-order valence-corrected chi connectivity index (χ3v) is 8.79. The van der Waals surface area contributed by atoms with Crippen LogP contribution >= 0.6 is 0 Å². The fourth-order valence-electron chi connectivity index (χ4n) is 4.95. The van der Waals surface area contributed by atoms with E-state index in [1.165, 1.54) is 4.31 Å². The zero-order valence-corrected chi connectivity index (χ0v) is 20.3. The Morgan fingerprint density at radius 3 is 2.38 bits per heavy atom. The molecule has 0 unspecified atom stereocenters. The Morgan fingerprint density at radius 1 is 0.941 bits per heavy atom. The molecule has 8 nitrogen and oxygen atoms in total. The molecule has 0 aliphatic carbocycles. The van der Waals surface area contributed by atoms with Crippen LogP contribution in [0.1, 0.15) is 30.0 Å². The Morgan fingerprint density at radius 2 is 1.65 bits per heavy atom. The van der Waals surface area contributed by atoms with Gasteiger partial charge in [0.1, 0.15) is 13.2 Å². The highest BCUT2D eigenvalue weighted by atomic mass is 32.2. The van der Waals surface area contributed by atoms with Crippen LogP contribution in [0.15, 0.2) is 47.4 Å². The van der Waals surface area contributed by atoms with Gasteiger partial charge in [-0.15, -0.1) is 0 Å². The molecular weight excluding hydrogens is 454 g/mol. The number of ether oxygens (including phenoxy) is 2. The van der Waals surface area contributed by atoms with E-state index in [2.05, 4.69) is 4.90 Å². The maximum atomic E-state index is 13.2. The van der Waals surface area contributed by atoms with Gasteiger partial charge in [-0.3, -0.25) is 9.69 Å². The van der Waals surface area contributed by atoms with E-state index in [-0.39, 0.29) is 11.9 Å². The van der Waals surface area contributed by atoms with Gasteiger partial charge in [0.2, 0.25) is 15.9 Å². The molecule has 0 aromatic heterocycles. The zero-order valence-electron chi connectivity index (χ0n) is 19.5. The number of hydrogen-bond donors (Lipinski definition) is 0. The molecule has 3 aliphatic heterocycles. The van der Waals surface area contributed by atoms with Gasteiger partial charge in [-0.1, -0.05) is 23.8 Å². The Hall–Kier alpha value is -2.62. The van der Waals surface area contributed by atoms with E-state index >= 15 is 0 Å². The molecule has 2 fully saturated rings. The van der Waals surface area contributed by atoms with Crippen LogP contribution in [0.5, 0.6) is 11.5 Å². The van der Waals surface area contributed by atoms with Crippen molar-refractivity contribution in [1.82, 2.24) is 14.1 Å². The third-order valence-electron chi connectivity index (χ3n) is 6.87. The van der Waals surface area contributed by atoms with Crippen molar-refractivity contribution in [3.63, 3.8) is 0 Å². The zero-order chi connectivity index (χ0) is 23.7. The molecule has 3 aliphatic rings. The first-order chi connectivity index (χ1) is 16.4. The standard InChI is InChI=1S/C25H31N3O5S/c1-19-4-7-21(8-5-19)34(30,31)27-13-11-26(12-14-27)18-25(29)28-10-2-3-22(28)20-6-9-23-24(17-20)33-16-15-32-23/h4-9,17,22H,2-3,10-16,18H2,1H3/t22-/m1/s1. The van der Waals surface area contributed by atoms with Gasteiger partial charge in [-0.2, -0.15) is 4.31 Å². The average Bonchev–Trinajstić information content (AvgIpc) is 3.35. The van der Waals surface area contributed by atoms with Crippen LogP contribution in [0.25, 0.3) is 0 Å². The maximum absolute atomic E-state index is 13.2. The van der Waals surface area contributed by atoms with Crippen molar-refractivity contribution in [2.75, 3.05) is 52.5 Å². The van der Waals surface area contributed by atoms with Crippen molar-refractivity contribution in [2.24, 2.45) is 0 Å². The van der Waals surface area contributed by atoms with Crippen LogP contribution in [-0.4, -0.2) is 80.9 Å². The van der Waals surface area contributed by atoms with E-state index in [0.717, 1.165) is 42.0 Å². The minimum Gasteiger partial charge on any atom is -0.486 e. The van der Waals surface area contributed by atoms with Gasteiger partial charge in [0, 0.05) is 32.7 Å². The normalized spacial score (nSPS) is 21.6. The molecule has 9 heteroatoms. The van der Waals surface area contributed by atoms with Crippen LogP contribution in [0, 0.1) is 6.92 Å². The Bertz CT molecular complexity index is 1140. The van der Waals surface area contributed by atoms with Gasteiger partial charge < -0.3 is 14.4 Å². The largest absolute Gasteiger partial charge is 0.486 e. The van der Waals surface area contributed by atoms with E-state index < -0.39 is 10.0 Å². The smallest absolute Gasteiger partial charge is 0.243 e. The molecule has 0 N–H and O–H groups in total. The van der Waals surface area contributed by atoms with E-state index in [4.69, 9.17) is 9.47 Å². The predicted molar refractivity (Wildman–Crippen MR) is 127 cm³/mol. The predicted octanol–water partition coefficient (Wildman–Crippen LogP) is 2.44. The highest BCUT2D eigenvalue weighted by Crippen LogP contribution is 2.38. The van der Waals surface area contributed by atoms with E-state index in [0.29, 0.717) is 50.8 Å². The lowest BCUT2D eigenvalue weighted by Crippen LogP contribution is -2.51. The number of aryl methyl sites for hydroxylation is 1. The van der Waals surface area contributed by atoms with Crippen molar-refractivity contribution in [2.45, 2.75) is 30.7 Å². The molecule has 1 atom stereocenters. The molecule has 0 spiro atoms. The van der Waals surface area contributed by atoms with E-state index in [9.17, 15) is 13.2 Å². The average molecular weight is 486 g/mol. The van der Waals surface area contributed by atoms with Crippen LogP contribution in [0.4, 0.5) is 0 Å². The second kappa shape index (κ2) is 9.56. The summed E-state index contributed by atoms with van der Waals surface area (Å²) in [5.74, 6) is 1.59. The lowest BCUT2D eigenvalue weighted by atomic mass is 10.0. The Labute approximate surface area is 201 Å². The maximum Gasteiger partial charge on any atom is 0.243 e. The number of nitrogens with zero attached hydrogens (tertiary/aromatic N) is 3. The van der Waals surface area contributed by atoms with Gasteiger partial charge in [-0.05, 0) is 49.6 Å². The summed E-state index contributed by atoms with van der Waals surface area (Å²) in [6, 6.07) is 12.9. The summed E-state index contributed by atoms with van der Waals surface area (Å²) in [6.07, 6.45) is 1.89. The molecule has 2 saturated heterocycles. The number of benzene rings is 2. The molecular formula is C25H31N3O5S. The topological polar surface area (TPSA) is 79.4 Å². The highest BCUT2D eigenvalue weighted by Gasteiger charge is 2.33. The number of sulfonamides is 1. The second-order valence-corrected chi connectivity index (χ2v) is 11.1. The van der Waals surface area contributed by atoms with Gasteiger partial charge in [0.05, 0.1) is 17.5 Å². The Balaban J connectivity index is 1.19. The molecule has 1 amide bonds. The quantitative estimate of drug-likeness (QED) is 0.647. The van der Waals surface area contributed by atoms with Gasteiger partial charge in [-0.25, -0.2) is 8.42 Å². The van der Waals surface area contributed by atoms with Gasteiger partial charge >= 0.3 is 0 Å². The number of hydrogen-bond acceptors (Lipinski definition) is 6. The Kier molecular flexibility index (Phi) is 6.50. The third kappa shape index (κ3) is 4.64. The summed E-state index contributed by atoms with van der Waals surface area (Å²) in [5.41, 5.74) is 2.10. The van der Waals surface area contributed by atoms with Crippen LogP contribution in [-0.2, 0) is 14.8 Å². The van der Waals surface area contributed by atoms with Crippen molar-refractivity contribution < 1.29 is 22.7 Å². The van der Waals surface area contributed by atoms with Crippen LogP contribution < -0.4 is 9.47 Å². The van der Waals surface area contributed by atoms with E-state index in [1.54, 1.807) is 12.1 Å². The summed E-state index contributed by atoms with van der Waals surface area (Å²) in [6.45, 7) is 5.92. The first kappa shape index (κ1) is 23.1. The SMILES string of the molecule is Cc1ccc(S(=O)(=O)N2CCN(CC(=O)N3CCC[C@@H]3c3ccc4c(c3)OCCO4)CC2)cc1. The van der Waals surface area contributed by atoms with E-state index in [1.807, 2.05) is 42.2 Å². The fourth-order valence-corrected chi connectivity index (χ4v) is 6.37. The number of piperazine rings is 1. The first-order valence-corrected chi connectivity index (χ1v) is 13.3. The molecule has 3 heterocycles. The number of fused-ring (bicyclic) bond motifs is 1. The first-order valence-electron chi connectivity index (χ1n) is 11.9. The lowest BCUT2D eigenvalue weighted by Gasteiger charge is -2.35. The van der Waals surface area contributed by atoms with Gasteiger partial charge in [0.15, 0.2) is 11.5 Å². The fraction of sp³-hybridized carbons (Fsp3) is 0.480. The van der Waals surface area contributed by atoms with Crippen molar-refractivity contribution >= 4 is 15.9 Å². The number of carbonyl (C=O) groups excluding carboxylic acids is 1. The van der Waals surface area contributed by atoms with Crippen LogP contribution in [0.2, 0.25) is 0 Å². The molecule has 0 bridgehead atoms. The van der Waals surface area contributed by atoms with Crippen molar-refractivity contribution in [1.29, 1.82) is 0 Å². The van der Waals surface area contributed by atoms with Gasteiger partial charge in [0.25, 0.3) is 0 Å². The molecule has 182 valence electrons. The minimum absolute atomic E-state index is 0.0338. The second-order valence-electron chi connectivity index (χ2n) is 9.14. The van der Waals surface area contributed by atoms with Crippen molar-refractivity contribution in [3.8, 4) is 11.5 Å². The number of amides is 1. The minimum atomic E-state index is -3.51. The molecule has 0 radical (unpaired) electrons. The summed E-state index contributed by atoms with van der Waals surface area (Å²) in [4.78, 5) is 17.6. The molecule has 2 aromatic carbocycles.